The van der Waals surface area contributed by atoms with Crippen LogP contribution in [0.25, 0.3) is 0 Å². The number of benzene rings is 1. The van der Waals surface area contributed by atoms with Gasteiger partial charge in [0.25, 0.3) is 0 Å². The van der Waals surface area contributed by atoms with Crippen molar-refractivity contribution < 1.29 is 38.6 Å². The number of nitrogens with two attached hydrogens (primary N) is 1. The van der Waals surface area contributed by atoms with Crippen LogP contribution in [0.4, 0.5) is 4.79 Å². The molecule has 1 aromatic carbocycles. The molecule has 12 heteroatoms. The highest BCUT2D eigenvalue weighted by Gasteiger charge is 2.34. The van der Waals surface area contributed by atoms with E-state index in [1.165, 1.54) is 7.11 Å². The van der Waals surface area contributed by atoms with Gasteiger partial charge in [0.2, 0.25) is 11.8 Å². The molecular weight excluding hydrogens is 532 g/mol. The summed E-state index contributed by atoms with van der Waals surface area (Å²) < 4.78 is 10.3. The lowest BCUT2D eigenvalue weighted by molar-refractivity contribution is -0.149. The van der Waals surface area contributed by atoms with Gasteiger partial charge in [-0.1, -0.05) is 30.3 Å². The van der Waals surface area contributed by atoms with E-state index in [4.69, 9.17) is 15.3 Å². The first kappa shape index (κ1) is 32.0. The van der Waals surface area contributed by atoms with Crippen LogP contribution in [0, 0.1) is 17.8 Å². The Morgan fingerprint density at radius 2 is 1.73 bits per heavy atom. The van der Waals surface area contributed by atoms with Gasteiger partial charge in [-0.15, -0.1) is 0 Å². The van der Waals surface area contributed by atoms with Gasteiger partial charge in [-0.2, -0.15) is 0 Å². The maximum absolute atomic E-state index is 13.0. The van der Waals surface area contributed by atoms with Gasteiger partial charge in [0.05, 0.1) is 19.1 Å². The van der Waals surface area contributed by atoms with Crippen LogP contribution in [-0.4, -0.2) is 96.0 Å². The second-order valence-corrected chi connectivity index (χ2v) is 10.8. The molecular formula is C29H42N4O8. The zero-order valence-electron chi connectivity index (χ0n) is 23.7. The molecule has 0 aliphatic carbocycles. The number of hydrazine groups is 1. The van der Waals surface area contributed by atoms with Gasteiger partial charge in [-0.3, -0.25) is 24.2 Å². The van der Waals surface area contributed by atoms with Crippen molar-refractivity contribution in [2.24, 2.45) is 23.6 Å². The van der Waals surface area contributed by atoms with Crippen LogP contribution >= 0.6 is 0 Å². The standard InChI is InChI=1S/C29H42N4O8/c1-40-17-13-25(34)24(28(37)38)19-33(30)27(36)23-8-5-14-32(18-23)26(35)10-9-21-11-15-31(16-12-21)29(39)41-20-22-6-3-2-4-7-22/h2-4,6-7,21,23-24H,5,8-20,30H2,1H3,(H,37,38)/t23-,24+/m1/s1. The fourth-order valence-electron chi connectivity index (χ4n) is 5.32. The molecule has 1 aromatic rings. The van der Waals surface area contributed by atoms with Crippen LogP contribution in [-0.2, 0) is 35.3 Å². The van der Waals surface area contributed by atoms with Gasteiger partial charge in [0, 0.05) is 46.1 Å². The van der Waals surface area contributed by atoms with Gasteiger partial charge < -0.3 is 24.4 Å². The summed E-state index contributed by atoms with van der Waals surface area (Å²) in [5.74, 6) is 1.84. The summed E-state index contributed by atoms with van der Waals surface area (Å²) in [6, 6.07) is 9.53. The molecule has 0 bridgehead atoms. The van der Waals surface area contributed by atoms with Crippen molar-refractivity contribution in [3.63, 3.8) is 0 Å². The second kappa shape index (κ2) is 16.1. The van der Waals surface area contributed by atoms with E-state index >= 15 is 0 Å². The fraction of sp³-hybridized carbons (Fsp3) is 0.621. The molecule has 2 aliphatic heterocycles. The Balaban J connectivity index is 1.39. The quantitative estimate of drug-likeness (QED) is 0.156. The molecule has 3 amide bonds. The molecule has 0 aromatic heterocycles. The molecule has 0 radical (unpaired) electrons. The summed E-state index contributed by atoms with van der Waals surface area (Å²) in [5, 5.41) is 10.2. The molecule has 41 heavy (non-hydrogen) atoms. The molecule has 0 spiro atoms. The number of methoxy groups -OCH3 is 1. The van der Waals surface area contributed by atoms with Gasteiger partial charge in [0.1, 0.15) is 12.5 Å². The molecule has 12 nitrogen and oxygen atoms in total. The van der Waals surface area contributed by atoms with Crippen molar-refractivity contribution in [1.82, 2.24) is 14.8 Å². The smallest absolute Gasteiger partial charge is 0.410 e. The third kappa shape index (κ3) is 9.82. The van der Waals surface area contributed by atoms with E-state index in [2.05, 4.69) is 0 Å². The number of Topliss-reactive ketones (excluding diaryl/α,β-unsaturated/α-hetero) is 1. The number of carbonyl (C=O) groups is 5. The number of carbonyl (C=O) groups excluding carboxylic acids is 4. The van der Waals surface area contributed by atoms with Gasteiger partial charge in [-0.05, 0) is 43.6 Å². The SMILES string of the molecule is COCCC(=O)[C@H](CN(N)C(=O)[C@@H]1CCCN(C(=O)CCC2CCN(C(=O)OCc3ccccc3)CC2)C1)C(=O)O. The first-order valence-corrected chi connectivity index (χ1v) is 14.2. The Labute approximate surface area is 240 Å². The highest BCUT2D eigenvalue weighted by Crippen LogP contribution is 2.25. The number of hydrogen-bond donors (Lipinski definition) is 2. The number of rotatable bonds is 13. The molecule has 2 heterocycles. The summed E-state index contributed by atoms with van der Waals surface area (Å²) in [7, 11) is 1.41. The largest absolute Gasteiger partial charge is 0.481 e. The number of amides is 3. The average Bonchev–Trinajstić information content (AvgIpc) is 3.00. The van der Waals surface area contributed by atoms with E-state index in [0.29, 0.717) is 51.2 Å². The third-order valence-corrected chi connectivity index (χ3v) is 7.87. The number of carboxylic acid groups (broad SMARTS) is 1. The Hall–Kier alpha value is -3.51. The Bertz CT molecular complexity index is 1040. The first-order chi connectivity index (χ1) is 19.7. The van der Waals surface area contributed by atoms with Gasteiger partial charge in [-0.25, -0.2) is 10.6 Å². The minimum atomic E-state index is -1.43. The van der Waals surface area contributed by atoms with Crippen molar-refractivity contribution in [2.45, 2.75) is 51.6 Å². The Morgan fingerprint density at radius 3 is 2.39 bits per heavy atom. The molecule has 2 atom stereocenters. The average molecular weight is 575 g/mol. The summed E-state index contributed by atoms with van der Waals surface area (Å²) in [6.07, 6.45) is 3.40. The highest BCUT2D eigenvalue weighted by atomic mass is 16.6. The van der Waals surface area contributed by atoms with E-state index < -0.39 is 36.0 Å². The van der Waals surface area contributed by atoms with Crippen molar-refractivity contribution in [1.29, 1.82) is 0 Å². The fourth-order valence-corrected chi connectivity index (χ4v) is 5.32. The second-order valence-electron chi connectivity index (χ2n) is 10.8. The topological polar surface area (TPSA) is 160 Å². The predicted molar refractivity (Wildman–Crippen MR) is 148 cm³/mol. The number of likely N-dealkylation sites (tertiary alicyclic amines) is 2. The highest BCUT2D eigenvalue weighted by molar-refractivity contribution is 5.99. The van der Waals surface area contributed by atoms with Gasteiger partial charge >= 0.3 is 12.1 Å². The molecule has 2 fully saturated rings. The summed E-state index contributed by atoms with van der Waals surface area (Å²) in [4.78, 5) is 65.5. The number of hydrogen-bond acceptors (Lipinski definition) is 8. The summed E-state index contributed by atoms with van der Waals surface area (Å²) in [5.41, 5.74) is 0.938. The number of aliphatic carboxylic acids is 1. The minimum absolute atomic E-state index is 0.0334. The number of carboxylic acids is 1. The number of nitrogens with zero attached hydrogens (tertiary/aromatic N) is 3. The van der Waals surface area contributed by atoms with Crippen LogP contribution < -0.4 is 5.84 Å². The van der Waals surface area contributed by atoms with E-state index in [1.54, 1.807) is 9.80 Å². The molecule has 3 rings (SSSR count). The molecule has 2 saturated heterocycles. The van der Waals surface area contributed by atoms with E-state index in [1.807, 2.05) is 30.3 Å². The minimum Gasteiger partial charge on any atom is -0.481 e. The number of ketones is 1. The van der Waals surface area contributed by atoms with Crippen LogP contribution in [0.2, 0.25) is 0 Å². The lowest BCUT2D eigenvalue weighted by atomic mass is 9.91. The number of piperidine rings is 2. The lowest BCUT2D eigenvalue weighted by Crippen LogP contribution is -2.51. The molecule has 2 aliphatic rings. The van der Waals surface area contributed by atoms with Crippen molar-refractivity contribution >= 4 is 29.7 Å². The van der Waals surface area contributed by atoms with E-state index in [0.717, 1.165) is 23.4 Å². The Morgan fingerprint density at radius 1 is 1.02 bits per heavy atom. The first-order valence-electron chi connectivity index (χ1n) is 14.2. The van der Waals surface area contributed by atoms with Crippen molar-refractivity contribution in [2.75, 3.05) is 46.4 Å². The van der Waals surface area contributed by atoms with Crippen LogP contribution in [0.1, 0.15) is 50.5 Å². The zero-order chi connectivity index (χ0) is 29.8. The van der Waals surface area contributed by atoms with E-state index in [9.17, 15) is 29.1 Å². The number of ether oxygens (including phenoxy) is 2. The summed E-state index contributed by atoms with van der Waals surface area (Å²) >= 11 is 0. The normalized spacial score (nSPS) is 18.4. The molecule has 0 unspecified atom stereocenters. The predicted octanol–water partition coefficient (Wildman–Crippen LogP) is 2.06. The Kier molecular flexibility index (Phi) is 12.5. The van der Waals surface area contributed by atoms with E-state index in [-0.39, 0.29) is 38.2 Å². The third-order valence-electron chi connectivity index (χ3n) is 7.87. The molecule has 3 N–H and O–H groups in total. The van der Waals surface area contributed by atoms with Crippen molar-refractivity contribution in [3.8, 4) is 0 Å². The van der Waals surface area contributed by atoms with Crippen molar-refractivity contribution in [3.05, 3.63) is 35.9 Å². The monoisotopic (exact) mass is 574 g/mol. The maximum Gasteiger partial charge on any atom is 0.410 e. The maximum atomic E-state index is 13.0. The molecule has 0 saturated carbocycles. The van der Waals surface area contributed by atoms with Crippen LogP contribution in [0.3, 0.4) is 0 Å². The summed E-state index contributed by atoms with van der Waals surface area (Å²) in [6.45, 7) is 1.83. The van der Waals surface area contributed by atoms with Gasteiger partial charge in [0.15, 0.2) is 5.78 Å². The lowest BCUT2D eigenvalue weighted by Gasteiger charge is -2.35. The molecule has 226 valence electrons. The zero-order valence-corrected chi connectivity index (χ0v) is 23.7. The van der Waals surface area contributed by atoms with Crippen LogP contribution in [0.15, 0.2) is 30.3 Å². The van der Waals surface area contributed by atoms with Crippen LogP contribution in [0.5, 0.6) is 0 Å².